The molecule has 0 saturated heterocycles. The number of carboxylic acid groups (broad SMARTS) is 1. The molecule has 0 spiro atoms. The summed E-state index contributed by atoms with van der Waals surface area (Å²) in [7, 11) is 1.39. The quantitative estimate of drug-likeness (QED) is 0.545. The largest absolute Gasteiger partial charge is 0.496 e. The van der Waals surface area contributed by atoms with E-state index in [9.17, 15) is 14.3 Å². The molecule has 0 unspecified atom stereocenters. The molecule has 148 valence electrons. The van der Waals surface area contributed by atoms with E-state index in [0.29, 0.717) is 17.0 Å². The van der Waals surface area contributed by atoms with E-state index >= 15 is 0 Å². The van der Waals surface area contributed by atoms with Crippen LogP contribution in [-0.2, 0) is 6.54 Å². The molecule has 4 aromatic rings. The van der Waals surface area contributed by atoms with E-state index in [1.807, 2.05) is 0 Å². The Morgan fingerprint density at radius 1 is 1.34 bits per heavy atom. The summed E-state index contributed by atoms with van der Waals surface area (Å²) < 4.78 is 26.2. The molecule has 29 heavy (non-hydrogen) atoms. The molecule has 11 heteroatoms. The molecule has 1 N–H and O–H groups in total. The maximum atomic E-state index is 14.4. The number of pyridine rings is 1. The Bertz CT molecular complexity index is 1200. The lowest BCUT2D eigenvalue weighted by Gasteiger charge is -2.22. The van der Waals surface area contributed by atoms with Crippen LogP contribution in [0.3, 0.4) is 0 Å². The van der Waals surface area contributed by atoms with Crippen LogP contribution < -0.4 is 9.64 Å². The first kappa shape index (κ1) is 18.3. The number of fused-ring (bicyclic) bond motifs is 1. The van der Waals surface area contributed by atoms with Gasteiger partial charge in [0, 0.05) is 5.56 Å². The first-order valence-corrected chi connectivity index (χ1v) is 8.45. The van der Waals surface area contributed by atoms with Gasteiger partial charge in [-0.2, -0.15) is 4.98 Å². The minimum atomic E-state index is -1.29. The van der Waals surface area contributed by atoms with Crippen molar-refractivity contribution in [2.24, 2.45) is 0 Å². The third-order valence-electron chi connectivity index (χ3n) is 4.31. The van der Waals surface area contributed by atoms with Gasteiger partial charge in [0.1, 0.15) is 23.7 Å². The molecule has 0 fully saturated rings. The summed E-state index contributed by atoms with van der Waals surface area (Å²) in [5, 5.41) is 21.4. The molecule has 1 aromatic carbocycles. The normalized spacial score (nSPS) is 11.0. The van der Waals surface area contributed by atoms with Crippen molar-refractivity contribution in [3.63, 3.8) is 0 Å². The lowest BCUT2D eigenvalue weighted by Crippen LogP contribution is -2.31. The second-order valence-electron chi connectivity index (χ2n) is 6.07. The number of benzene rings is 1. The summed E-state index contributed by atoms with van der Waals surface area (Å²) in [5.74, 6) is 0.552. The first-order valence-electron chi connectivity index (χ1n) is 8.45. The van der Waals surface area contributed by atoms with E-state index in [4.69, 9.17) is 9.26 Å². The second kappa shape index (κ2) is 7.19. The van der Waals surface area contributed by atoms with Crippen LogP contribution in [0.4, 0.5) is 15.0 Å². The zero-order valence-electron chi connectivity index (χ0n) is 15.4. The van der Waals surface area contributed by atoms with Gasteiger partial charge in [-0.15, -0.1) is 10.2 Å². The average Bonchev–Trinajstić information content (AvgIpc) is 3.35. The molecule has 0 saturated carbocycles. The molecule has 10 nitrogen and oxygen atoms in total. The Labute approximate surface area is 163 Å². The highest BCUT2D eigenvalue weighted by Gasteiger charge is 2.24. The number of hydrogen-bond acceptors (Lipinski definition) is 7. The molecule has 3 heterocycles. The molecule has 3 aromatic heterocycles. The van der Waals surface area contributed by atoms with Gasteiger partial charge in [0.15, 0.2) is 11.5 Å². The number of aromatic nitrogens is 5. The van der Waals surface area contributed by atoms with E-state index < -0.39 is 11.9 Å². The monoisotopic (exact) mass is 398 g/mol. The van der Waals surface area contributed by atoms with Crippen LogP contribution in [0, 0.1) is 12.7 Å². The fourth-order valence-electron chi connectivity index (χ4n) is 2.98. The smallest absolute Gasteiger partial charge is 0.413 e. The van der Waals surface area contributed by atoms with Crippen molar-refractivity contribution >= 4 is 17.6 Å². The fraction of sp³-hybridized carbons (Fsp3) is 0.167. The van der Waals surface area contributed by atoms with Crippen LogP contribution in [0.2, 0.25) is 0 Å². The van der Waals surface area contributed by atoms with E-state index in [1.165, 1.54) is 36.0 Å². The molecule has 0 bridgehead atoms. The number of carbonyl (C=O) groups is 1. The summed E-state index contributed by atoms with van der Waals surface area (Å²) in [6.45, 7) is 1.40. The van der Waals surface area contributed by atoms with Crippen molar-refractivity contribution in [1.29, 1.82) is 0 Å². The van der Waals surface area contributed by atoms with Crippen molar-refractivity contribution in [2.75, 3.05) is 12.0 Å². The summed E-state index contributed by atoms with van der Waals surface area (Å²) in [6, 6.07) is 7.43. The predicted octanol–water partition coefficient (Wildman–Crippen LogP) is 2.92. The number of amides is 1. The topological polar surface area (TPSA) is 119 Å². The Balaban J connectivity index is 1.82. The molecular formula is C18H15FN6O4. The zero-order chi connectivity index (χ0) is 20.5. The van der Waals surface area contributed by atoms with Crippen LogP contribution >= 0.6 is 0 Å². The summed E-state index contributed by atoms with van der Waals surface area (Å²) in [6.07, 6.45) is 0.0676. The molecule has 0 aliphatic heterocycles. The van der Waals surface area contributed by atoms with Crippen molar-refractivity contribution in [3.05, 3.63) is 53.9 Å². The average molecular weight is 398 g/mol. The van der Waals surface area contributed by atoms with Gasteiger partial charge in [-0.1, -0.05) is 11.2 Å². The summed E-state index contributed by atoms with van der Waals surface area (Å²) >= 11 is 0. The van der Waals surface area contributed by atoms with Gasteiger partial charge < -0.3 is 14.4 Å². The van der Waals surface area contributed by atoms with E-state index in [2.05, 4.69) is 20.3 Å². The lowest BCUT2D eigenvalue weighted by molar-refractivity contribution is 0.201. The zero-order valence-corrected chi connectivity index (χ0v) is 15.4. The lowest BCUT2D eigenvalue weighted by atomic mass is 10.1. The van der Waals surface area contributed by atoms with Gasteiger partial charge in [0.2, 0.25) is 0 Å². The summed E-state index contributed by atoms with van der Waals surface area (Å²) in [5.41, 5.74) is 0.911. The minimum Gasteiger partial charge on any atom is -0.496 e. The molecule has 0 aliphatic rings. The highest BCUT2D eigenvalue weighted by atomic mass is 19.1. The molecule has 0 atom stereocenters. The Morgan fingerprint density at radius 3 is 2.86 bits per heavy atom. The molecule has 1 amide bonds. The van der Waals surface area contributed by atoms with Gasteiger partial charge in [-0.05, 0) is 31.2 Å². The van der Waals surface area contributed by atoms with Crippen molar-refractivity contribution in [2.45, 2.75) is 13.5 Å². The molecule has 4 rings (SSSR count). The van der Waals surface area contributed by atoms with Crippen LogP contribution in [0.25, 0.3) is 17.1 Å². The predicted molar refractivity (Wildman–Crippen MR) is 98.2 cm³/mol. The van der Waals surface area contributed by atoms with Gasteiger partial charge in [0.25, 0.3) is 5.89 Å². The maximum Gasteiger partial charge on any atom is 0.413 e. The molecule has 0 radical (unpaired) electrons. The third kappa shape index (κ3) is 3.22. The number of anilines is 1. The minimum absolute atomic E-state index is 0.107. The molecular weight excluding hydrogens is 383 g/mol. The van der Waals surface area contributed by atoms with Gasteiger partial charge >= 0.3 is 6.09 Å². The SMILES string of the molecule is COc1cccc(F)c1CN(C(=O)O)c1ccc(-c2nc(C)no2)c2nncn12. The summed E-state index contributed by atoms with van der Waals surface area (Å²) in [4.78, 5) is 17.1. The number of aryl methyl sites for hydroxylation is 1. The standard InChI is InChI=1S/C18H15FN6O4/c1-10-21-17(29-23-10)11-6-7-15(25-9-20-22-16(11)25)24(18(26)27)8-12-13(19)4-3-5-14(12)28-2/h3-7,9H,8H2,1-2H3,(H,26,27). The fourth-order valence-corrected chi connectivity index (χ4v) is 2.98. The number of halogens is 1. The van der Waals surface area contributed by atoms with E-state index in [-0.39, 0.29) is 29.6 Å². The van der Waals surface area contributed by atoms with Crippen molar-refractivity contribution in [3.8, 4) is 17.2 Å². The van der Waals surface area contributed by atoms with E-state index in [0.717, 1.165) is 4.90 Å². The third-order valence-corrected chi connectivity index (χ3v) is 4.31. The Kier molecular flexibility index (Phi) is 4.55. The van der Waals surface area contributed by atoms with Crippen LogP contribution in [0.5, 0.6) is 5.75 Å². The number of nitrogens with zero attached hydrogens (tertiary/aromatic N) is 6. The number of ether oxygens (including phenoxy) is 1. The number of rotatable bonds is 5. The second-order valence-corrected chi connectivity index (χ2v) is 6.07. The highest BCUT2D eigenvalue weighted by Crippen LogP contribution is 2.29. The molecule has 0 aliphatic carbocycles. The van der Waals surface area contributed by atoms with Gasteiger partial charge in [-0.25, -0.2) is 9.18 Å². The van der Waals surface area contributed by atoms with Crippen LogP contribution in [0.1, 0.15) is 11.4 Å². The Morgan fingerprint density at radius 2 is 2.17 bits per heavy atom. The van der Waals surface area contributed by atoms with Crippen molar-refractivity contribution < 1.29 is 23.6 Å². The highest BCUT2D eigenvalue weighted by molar-refractivity contribution is 5.87. The number of hydrogen-bond donors (Lipinski definition) is 1. The Hall–Kier alpha value is -4.02. The maximum absolute atomic E-state index is 14.4. The van der Waals surface area contributed by atoms with Gasteiger partial charge in [0.05, 0.1) is 19.2 Å². The first-order chi connectivity index (χ1) is 14.0. The van der Waals surface area contributed by atoms with E-state index in [1.54, 1.807) is 19.1 Å². The van der Waals surface area contributed by atoms with Crippen LogP contribution in [0.15, 0.2) is 41.2 Å². The van der Waals surface area contributed by atoms with Crippen LogP contribution in [-0.4, -0.2) is 43.0 Å². The number of methoxy groups -OCH3 is 1. The van der Waals surface area contributed by atoms with Gasteiger partial charge in [-0.3, -0.25) is 9.30 Å². The van der Waals surface area contributed by atoms with Crippen molar-refractivity contribution in [1.82, 2.24) is 24.7 Å².